The second-order valence-electron chi connectivity index (χ2n) is 7.37. The van der Waals surface area contributed by atoms with Crippen LogP contribution in [0.25, 0.3) is 6.08 Å². The lowest BCUT2D eigenvalue weighted by Gasteiger charge is -2.15. The van der Waals surface area contributed by atoms with Crippen LogP contribution in [-0.2, 0) is 11.4 Å². The SMILES string of the molecule is CCOc1cc(/C=C(/C#N)C(=O)Nc2nnc(C(C)C)s2)cc(Br)c1OCc1ccccc1F. The summed E-state index contributed by atoms with van der Waals surface area (Å²) in [6, 6.07) is 11.6. The summed E-state index contributed by atoms with van der Waals surface area (Å²) in [5, 5.41) is 21.2. The highest BCUT2D eigenvalue weighted by molar-refractivity contribution is 9.10. The fourth-order valence-electron chi connectivity index (χ4n) is 2.84. The Balaban J connectivity index is 1.83. The second kappa shape index (κ2) is 11.7. The van der Waals surface area contributed by atoms with E-state index < -0.39 is 5.91 Å². The molecule has 0 bridgehead atoms. The Morgan fingerprint density at radius 3 is 2.71 bits per heavy atom. The minimum atomic E-state index is -0.595. The Bertz CT molecular complexity index is 1250. The molecule has 176 valence electrons. The molecule has 0 aliphatic rings. The third-order valence-corrected chi connectivity index (χ3v) is 6.22. The highest BCUT2D eigenvalue weighted by Gasteiger charge is 2.17. The van der Waals surface area contributed by atoms with E-state index in [2.05, 4.69) is 31.4 Å². The summed E-state index contributed by atoms with van der Waals surface area (Å²) in [5.74, 6) is 0.00501. The summed E-state index contributed by atoms with van der Waals surface area (Å²) >= 11 is 4.71. The van der Waals surface area contributed by atoms with Gasteiger partial charge >= 0.3 is 0 Å². The van der Waals surface area contributed by atoms with Gasteiger partial charge in [0.2, 0.25) is 5.13 Å². The molecular weight excluding hydrogens is 523 g/mol. The number of aromatic nitrogens is 2. The molecule has 0 aliphatic heterocycles. The van der Waals surface area contributed by atoms with Gasteiger partial charge in [0.05, 0.1) is 11.1 Å². The van der Waals surface area contributed by atoms with Gasteiger partial charge in [0.15, 0.2) is 11.5 Å². The molecule has 0 atom stereocenters. The van der Waals surface area contributed by atoms with Crippen molar-refractivity contribution in [1.82, 2.24) is 10.2 Å². The van der Waals surface area contributed by atoms with Crippen LogP contribution in [0.4, 0.5) is 9.52 Å². The number of ether oxygens (including phenoxy) is 2. The number of nitrogens with zero attached hydrogens (tertiary/aromatic N) is 3. The van der Waals surface area contributed by atoms with Crippen LogP contribution in [-0.4, -0.2) is 22.7 Å². The highest BCUT2D eigenvalue weighted by atomic mass is 79.9. The fourth-order valence-corrected chi connectivity index (χ4v) is 4.15. The third kappa shape index (κ3) is 6.40. The van der Waals surface area contributed by atoms with Gasteiger partial charge in [-0.2, -0.15) is 5.26 Å². The predicted octanol–water partition coefficient (Wildman–Crippen LogP) is 6.09. The first-order valence-electron chi connectivity index (χ1n) is 10.4. The molecule has 10 heteroatoms. The first-order chi connectivity index (χ1) is 16.3. The average molecular weight is 545 g/mol. The van der Waals surface area contributed by atoms with Crippen molar-refractivity contribution in [2.45, 2.75) is 33.3 Å². The van der Waals surface area contributed by atoms with E-state index in [-0.39, 0.29) is 23.9 Å². The number of hydrogen-bond acceptors (Lipinski definition) is 7. The van der Waals surface area contributed by atoms with Crippen LogP contribution in [0.3, 0.4) is 0 Å². The lowest BCUT2D eigenvalue weighted by molar-refractivity contribution is -0.112. The maximum atomic E-state index is 14.0. The van der Waals surface area contributed by atoms with Crippen LogP contribution in [0.15, 0.2) is 46.4 Å². The lowest BCUT2D eigenvalue weighted by atomic mass is 10.1. The van der Waals surface area contributed by atoms with Gasteiger partial charge in [-0.15, -0.1) is 10.2 Å². The molecule has 1 heterocycles. The van der Waals surface area contributed by atoms with Crippen LogP contribution >= 0.6 is 27.3 Å². The van der Waals surface area contributed by atoms with Gasteiger partial charge < -0.3 is 9.47 Å². The third-order valence-electron chi connectivity index (χ3n) is 4.49. The van der Waals surface area contributed by atoms with E-state index in [9.17, 15) is 14.4 Å². The van der Waals surface area contributed by atoms with Crippen LogP contribution in [0.5, 0.6) is 11.5 Å². The molecule has 7 nitrogen and oxygen atoms in total. The maximum absolute atomic E-state index is 14.0. The van der Waals surface area contributed by atoms with Gasteiger partial charge in [0, 0.05) is 11.5 Å². The largest absolute Gasteiger partial charge is 0.490 e. The molecular formula is C24H22BrFN4O3S. The molecule has 0 fully saturated rings. The van der Waals surface area contributed by atoms with Crippen molar-refractivity contribution in [2.75, 3.05) is 11.9 Å². The molecule has 0 radical (unpaired) electrons. The first kappa shape index (κ1) is 25.3. The van der Waals surface area contributed by atoms with Crippen LogP contribution in [0.2, 0.25) is 0 Å². The van der Waals surface area contributed by atoms with Gasteiger partial charge in [0.25, 0.3) is 5.91 Å². The monoisotopic (exact) mass is 544 g/mol. The van der Waals surface area contributed by atoms with Gasteiger partial charge in [0.1, 0.15) is 29.1 Å². The van der Waals surface area contributed by atoms with Crippen LogP contribution in [0, 0.1) is 17.1 Å². The Kier molecular flexibility index (Phi) is 8.73. The number of carbonyl (C=O) groups excluding carboxylic acids is 1. The number of hydrogen-bond donors (Lipinski definition) is 1. The Morgan fingerprint density at radius 2 is 2.06 bits per heavy atom. The molecule has 1 aromatic heterocycles. The number of anilines is 1. The molecule has 3 aromatic rings. The lowest BCUT2D eigenvalue weighted by Crippen LogP contribution is -2.13. The number of benzene rings is 2. The zero-order valence-electron chi connectivity index (χ0n) is 18.8. The zero-order valence-corrected chi connectivity index (χ0v) is 21.2. The van der Waals surface area contributed by atoms with Crippen LogP contribution in [0.1, 0.15) is 42.8 Å². The summed E-state index contributed by atoms with van der Waals surface area (Å²) < 4.78 is 26.0. The van der Waals surface area contributed by atoms with E-state index in [4.69, 9.17) is 9.47 Å². The summed E-state index contributed by atoms with van der Waals surface area (Å²) in [7, 11) is 0. The van der Waals surface area contributed by atoms with Gasteiger partial charge in [-0.05, 0) is 52.7 Å². The van der Waals surface area contributed by atoms with E-state index in [1.165, 1.54) is 23.5 Å². The Labute approximate surface area is 209 Å². The van der Waals surface area contributed by atoms with Gasteiger partial charge in [-0.25, -0.2) is 4.39 Å². The first-order valence-corrected chi connectivity index (χ1v) is 12.0. The van der Waals surface area contributed by atoms with E-state index >= 15 is 0 Å². The van der Waals surface area contributed by atoms with E-state index in [0.29, 0.717) is 38.8 Å². The van der Waals surface area contributed by atoms with E-state index in [1.54, 1.807) is 30.3 Å². The molecule has 2 aromatic carbocycles. The quantitative estimate of drug-likeness (QED) is 0.258. The molecule has 0 saturated carbocycles. The predicted molar refractivity (Wildman–Crippen MR) is 132 cm³/mol. The summed E-state index contributed by atoms with van der Waals surface area (Å²) in [4.78, 5) is 12.6. The fraction of sp³-hybridized carbons (Fsp3) is 0.250. The highest BCUT2D eigenvalue weighted by Crippen LogP contribution is 2.38. The molecule has 0 unspecified atom stereocenters. The zero-order chi connectivity index (χ0) is 24.7. The minimum Gasteiger partial charge on any atom is -0.490 e. The summed E-state index contributed by atoms with van der Waals surface area (Å²) in [6.45, 7) is 6.14. The van der Waals surface area contributed by atoms with Crippen molar-refractivity contribution in [3.8, 4) is 17.6 Å². The van der Waals surface area contributed by atoms with Gasteiger partial charge in [-0.1, -0.05) is 43.4 Å². The molecule has 0 aliphatic carbocycles. The standard InChI is InChI=1S/C24H22BrFN4O3S/c1-4-32-20-11-15(10-18(25)21(20)33-13-16-7-5-6-8-19(16)26)9-17(12-27)22(31)28-24-30-29-23(34-24)14(2)3/h5-11,14H,4,13H2,1-3H3,(H,28,30,31)/b17-9-. The smallest absolute Gasteiger partial charge is 0.268 e. The topological polar surface area (TPSA) is 97.1 Å². The minimum absolute atomic E-state index is 0.00655. The summed E-state index contributed by atoms with van der Waals surface area (Å²) in [5.41, 5.74) is 0.831. The maximum Gasteiger partial charge on any atom is 0.268 e. The number of halogens is 2. The Hall–Kier alpha value is -3.29. The average Bonchev–Trinajstić information content (AvgIpc) is 3.27. The Morgan fingerprint density at radius 1 is 1.29 bits per heavy atom. The second-order valence-corrected chi connectivity index (χ2v) is 9.23. The van der Waals surface area contributed by atoms with Crippen LogP contribution < -0.4 is 14.8 Å². The molecule has 1 amide bonds. The van der Waals surface area contributed by atoms with E-state index in [1.807, 2.05) is 26.8 Å². The van der Waals surface area contributed by atoms with Crippen molar-refractivity contribution in [2.24, 2.45) is 0 Å². The molecule has 0 saturated heterocycles. The molecule has 0 spiro atoms. The van der Waals surface area contributed by atoms with E-state index in [0.717, 1.165) is 5.01 Å². The van der Waals surface area contributed by atoms with Crippen molar-refractivity contribution >= 4 is 44.4 Å². The van der Waals surface area contributed by atoms with Gasteiger partial charge in [-0.3, -0.25) is 10.1 Å². The number of carbonyl (C=O) groups is 1. The number of nitrogens with one attached hydrogen (secondary N) is 1. The molecule has 1 N–H and O–H groups in total. The molecule has 3 rings (SSSR count). The van der Waals surface area contributed by atoms with Crippen molar-refractivity contribution in [1.29, 1.82) is 5.26 Å². The van der Waals surface area contributed by atoms with Crippen molar-refractivity contribution in [3.05, 3.63) is 68.4 Å². The van der Waals surface area contributed by atoms with Crippen molar-refractivity contribution in [3.63, 3.8) is 0 Å². The molecule has 34 heavy (non-hydrogen) atoms. The number of amides is 1. The summed E-state index contributed by atoms with van der Waals surface area (Å²) in [6.07, 6.45) is 1.44. The number of rotatable bonds is 9. The normalized spacial score (nSPS) is 11.3. The number of nitriles is 1. The van der Waals surface area contributed by atoms with Crippen molar-refractivity contribution < 1.29 is 18.7 Å².